The van der Waals surface area contributed by atoms with Crippen LogP contribution in [-0.4, -0.2) is 14.8 Å². The molecule has 0 bridgehead atoms. The number of pyridine rings is 1. The Morgan fingerprint density at radius 3 is 2.73 bits per heavy atom. The fourth-order valence-corrected chi connectivity index (χ4v) is 1.86. The lowest BCUT2D eigenvalue weighted by Crippen LogP contribution is -1.95. The van der Waals surface area contributed by atoms with E-state index >= 15 is 0 Å². The quantitative estimate of drug-likeness (QED) is 0.508. The summed E-state index contributed by atoms with van der Waals surface area (Å²) in [5, 5.41) is 4.26. The van der Waals surface area contributed by atoms with Crippen LogP contribution in [0.25, 0.3) is 10.5 Å². The van der Waals surface area contributed by atoms with Crippen molar-refractivity contribution in [3.05, 3.63) is 83.5 Å². The van der Waals surface area contributed by atoms with Crippen LogP contribution in [0.1, 0.15) is 11.4 Å². The van der Waals surface area contributed by atoms with Crippen LogP contribution in [0.15, 0.2) is 54.9 Å². The monoisotopic (exact) mass is 288 g/mol. The SMILES string of the molecule is [C-]#[N+]c1cc(F)cc(-n2ccc(C#Cc3ccccn3)n2)c1. The first-order chi connectivity index (χ1) is 10.7. The molecule has 0 aliphatic heterocycles. The van der Waals surface area contributed by atoms with Crippen molar-refractivity contribution >= 4 is 5.69 Å². The highest BCUT2D eigenvalue weighted by atomic mass is 19.1. The van der Waals surface area contributed by atoms with Crippen molar-refractivity contribution in [2.24, 2.45) is 0 Å². The second kappa shape index (κ2) is 5.90. The second-order valence-corrected chi connectivity index (χ2v) is 4.39. The molecule has 0 N–H and O–H groups in total. The first-order valence-electron chi connectivity index (χ1n) is 6.42. The van der Waals surface area contributed by atoms with Gasteiger partial charge in [0, 0.05) is 12.4 Å². The molecule has 104 valence electrons. The molecular formula is C17H9FN4. The first-order valence-corrected chi connectivity index (χ1v) is 6.42. The van der Waals surface area contributed by atoms with Crippen molar-refractivity contribution in [1.82, 2.24) is 14.8 Å². The minimum atomic E-state index is -0.472. The van der Waals surface area contributed by atoms with E-state index in [0.29, 0.717) is 17.1 Å². The van der Waals surface area contributed by atoms with Gasteiger partial charge in [-0.2, -0.15) is 5.10 Å². The third-order valence-electron chi connectivity index (χ3n) is 2.83. The highest BCUT2D eigenvalue weighted by Gasteiger charge is 2.04. The van der Waals surface area contributed by atoms with Gasteiger partial charge in [0.2, 0.25) is 0 Å². The van der Waals surface area contributed by atoms with Gasteiger partial charge in [-0.25, -0.2) is 18.9 Å². The standard InChI is InChI=1S/C17H9FN4/c1-19-16-10-13(18)11-17(12-16)22-9-7-15(21-22)6-5-14-4-2-3-8-20-14/h2-4,7-12H. The summed E-state index contributed by atoms with van der Waals surface area (Å²) in [5.74, 6) is 5.32. The maximum absolute atomic E-state index is 13.5. The van der Waals surface area contributed by atoms with Crippen molar-refractivity contribution in [2.45, 2.75) is 0 Å². The summed E-state index contributed by atoms with van der Waals surface area (Å²) < 4.78 is 14.9. The maximum atomic E-state index is 13.5. The smallest absolute Gasteiger partial charge is 0.192 e. The van der Waals surface area contributed by atoms with Crippen LogP contribution in [0.2, 0.25) is 0 Å². The lowest BCUT2D eigenvalue weighted by Gasteiger charge is -2.01. The summed E-state index contributed by atoms with van der Waals surface area (Å²) in [6.45, 7) is 6.97. The average molecular weight is 288 g/mol. The Morgan fingerprint density at radius 2 is 1.95 bits per heavy atom. The van der Waals surface area contributed by atoms with Crippen LogP contribution < -0.4 is 0 Å². The van der Waals surface area contributed by atoms with E-state index in [1.165, 1.54) is 16.8 Å². The molecule has 0 saturated carbocycles. The highest BCUT2D eigenvalue weighted by Crippen LogP contribution is 2.19. The molecule has 1 aromatic carbocycles. The lowest BCUT2D eigenvalue weighted by molar-refractivity contribution is 0.626. The van der Waals surface area contributed by atoms with E-state index in [0.717, 1.165) is 0 Å². The van der Waals surface area contributed by atoms with E-state index in [1.807, 2.05) is 12.1 Å². The van der Waals surface area contributed by atoms with Gasteiger partial charge < -0.3 is 0 Å². The number of hydrogen-bond donors (Lipinski definition) is 0. The minimum absolute atomic E-state index is 0.228. The van der Waals surface area contributed by atoms with E-state index in [4.69, 9.17) is 6.57 Å². The molecule has 0 radical (unpaired) electrons. The zero-order chi connectivity index (χ0) is 15.4. The Morgan fingerprint density at radius 1 is 1.09 bits per heavy atom. The summed E-state index contributed by atoms with van der Waals surface area (Å²) in [4.78, 5) is 7.34. The Balaban J connectivity index is 1.90. The minimum Gasteiger partial charge on any atom is -0.248 e. The Hall–Kier alpha value is -3.44. The van der Waals surface area contributed by atoms with Gasteiger partial charge >= 0.3 is 0 Å². The summed E-state index contributed by atoms with van der Waals surface area (Å²) in [7, 11) is 0. The van der Waals surface area contributed by atoms with Crippen molar-refractivity contribution in [3.63, 3.8) is 0 Å². The number of rotatable bonds is 1. The normalized spacial score (nSPS) is 9.64. The second-order valence-electron chi connectivity index (χ2n) is 4.39. The number of nitrogens with zero attached hydrogens (tertiary/aromatic N) is 4. The molecule has 5 heteroatoms. The zero-order valence-corrected chi connectivity index (χ0v) is 11.4. The van der Waals surface area contributed by atoms with E-state index in [-0.39, 0.29) is 5.69 Å². The molecule has 0 saturated heterocycles. The Kier molecular flexibility index (Phi) is 3.63. The molecule has 4 nitrogen and oxygen atoms in total. The van der Waals surface area contributed by atoms with E-state index in [9.17, 15) is 4.39 Å². The number of benzene rings is 1. The molecule has 0 spiro atoms. The molecule has 2 aromatic heterocycles. The molecule has 0 fully saturated rings. The van der Waals surface area contributed by atoms with Crippen LogP contribution in [-0.2, 0) is 0 Å². The van der Waals surface area contributed by atoms with Crippen molar-refractivity contribution in [3.8, 4) is 17.5 Å². The Labute approximate surface area is 126 Å². The predicted molar refractivity (Wildman–Crippen MR) is 80.0 cm³/mol. The first kappa shape index (κ1) is 13.5. The fourth-order valence-electron chi connectivity index (χ4n) is 1.86. The van der Waals surface area contributed by atoms with Gasteiger partial charge in [0.05, 0.1) is 12.3 Å². The highest BCUT2D eigenvalue weighted by molar-refractivity contribution is 5.52. The lowest BCUT2D eigenvalue weighted by atomic mass is 10.3. The largest absolute Gasteiger partial charge is 0.248 e. The molecule has 0 amide bonds. The third-order valence-corrected chi connectivity index (χ3v) is 2.83. The van der Waals surface area contributed by atoms with Gasteiger partial charge in [0.25, 0.3) is 0 Å². The number of aromatic nitrogens is 3. The van der Waals surface area contributed by atoms with Crippen LogP contribution in [0.5, 0.6) is 0 Å². The molecule has 0 aliphatic rings. The summed E-state index contributed by atoms with van der Waals surface area (Å²) in [5.41, 5.74) is 1.90. The predicted octanol–water partition coefficient (Wildman–Crippen LogP) is 3.36. The number of halogens is 1. The van der Waals surface area contributed by atoms with E-state index in [1.54, 1.807) is 30.6 Å². The summed E-state index contributed by atoms with van der Waals surface area (Å²) >= 11 is 0. The molecule has 0 atom stereocenters. The molecule has 3 aromatic rings. The van der Waals surface area contributed by atoms with Crippen LogP contribution in [0.3, 0.4) is 0 Å². The van der Waals surface area contributed by atoms with Crippen molar-refractivity contribution in [1.29, 1.82) is 0 Å². The third kappa shape index (κ3) is 3.00. The molecule has 3 rings (SSSR count). The molecule has 2 heterocycles. The van der Waals surface area contributed by atoms with E-state index in [2.05, 4.69) is 26.8 Å². The topological polar surface area (TPSA) is 35.1 Å². The van der Waals surface area contributed by atoms with Crippen LogP contribution >= 0.6 is 0 Å². The average Bonchev–Trinajstić information content (AvgIpc) is 3.02. The summed E-state index contributed by atoms with van der Waals surface area (Å²) in [6.07, 6.45) is 3.34. The number of hydrogen-bond acceptors (Lipinski definition) is 2. The van der Waals surface area contributed by atoms with Gasteiger partial charge in [-0.15, -0.1) is 0 Å². The Bertz CT molecular complexity index is 911. The van der Waals surface area contributed by atoms with Crippen molar-refractivity contribution < 1.29 is 4.39 Å². The fraction of sp³-hybridized carbons (Fsp3) is 0. The van der Waals surface area contributed by atoms with Gasteiger partial charge in [-0.05, 0) is 48.2 Å². The maximum Gasteiger partial charge on any atom is 0.192 e. The van der Waals surface area contributed by atoms with Gasteiger partial charge in [0.1, 0.15) is 17.2 Å². The van der Waals surface area contributed by atoms with Gasteiger partial charge in [0.15, 0.2) is 5.69 Å². The molecular weight excluding hydrogens is 279 g/mol. The molecule has 0 aliphatic carbocycles. The van der Waals surface area contributed by atoms with E-state index < -0.39 is 5.82 Å². The molecule has 0 unspecified atom stereocenters. The van der Waals surface area contributed by atoms with Gasteiger partial charge in [-0.3, -0.25) is 0 Å². The van der Waals surface area contributed by atoms with Crippen LogP contribution in [0, 0.1) is 24.2 Å². The van der Waals surface area contributed by atoms with Gasteiger partial charge in [-0.1, -0.05) is 6.07 Å². The zero-order valence-electron chi connectivity index (χ0n) is 11.4. The van der Waals surface area contributed by atoms with Crippen LogP contribution in [0.4, 0.5) is 10.1 Å². The van der Waals surface area contributed by atoms with Crippen molar-refractivity contribution in [2.75, 3.05) is 0 Å². The summed E-state index contributed by atoms with van der Waals surface area (Å²) in [6, 6.07) is 11.3. The molecule has 22 heavy (non-hydrogen) atoms.